The highest BCUT2D eigenvalue weighted by Gasteiger charge is 2.44. The van der Waals surface area contributed by atoms with Crippen molar-refractivity contribution in [2.45, 2.75) is 30.4 Å². The number of nitrogens with two attached hydrogens (primary N) is 1. The number of nitrogen functional groups attached to an aromatic ring is 1. The summed E-state index contributed by atoms with van der Waals surface area (Å²) in [7, 11) is -3.09. The summed E-state index contributed by atoms with van der Waals surface area (Å²) in [5, 5.41) is 0. The molecule has 2 rings (SSSR count). The van der Waals surface area contributed by atoms with Crippen molar-refractivity contribution in [3.8, 4) is 0 Å². The Balaban J connectivity index is 2.57. The van der Waals surface area contributed by atoms with E-state index < -0.39 is 14.6 Å². The minimum absolute atomic E-state index is 0.632. The van der Waals surface area contributed by atoms with Crippen LogP contribution in [0.5, 0.6) is 0 Å². The van der Waals surface area contributed by atoms with Gasteiger partial charge in [-0.1, -0.05) is 25.0 Å². The predicted molar refractivity (Wildman–Crippen MR) is 65.8 cm³/mol. The first kappa shape index (κ1) is 11.5. The second-order valence-corrected chi connectivity index (χ2v) is 6.92. The molecular formula is C12H17NO2S. The molecule has 1 aliphatic carbocycles. The van der Waals surface area contributed by atoms with Gasteiger partial charge in [-0.15, -0.1) is 0 Å². The quantitative estimate of drug-likeness (QED) is 0.804. The van der Waals surface area contributed by atoms with E-state index in [0.29, 0.717) is 5.69 Å². The molecule has 0 bridgehead atoms. The number of anilines is 1. The maximum absolute atomic E-state index is 12.0. The second kappa shape index (κ2) is 3.77. The Morgan fingerprint density at radius 3 is 2.38 bits per heavy atom. The van der Waals surface area contributed by atoms with Gasteiger partial charge in [0.15, 0.2) is 9.84 Å². The summed E-state index contributed by atoms with van der Waals surface area (Å²) in [6.45, 7) is 0. The molecule has 16 heavy (non-hydrogen) atoms. The number of hydrogen-bond donors (Lipinski definition) is 1. The zero-order valence-corrected chi connectivity index (χ0v) is 10.3. The fraction of sp³-hybridized carbons (Fsp3) is 0.500. The maximum atomic E-state index is 12.0. The molecule has 0 heterocycles. The van der Waals surface area contributed by atoms with E-state index in [0.717, 1.165) is 31.2 Å². The van der Waals surface area contributed by atoms with E-state index in [4.69, 9.17) is 5.73 Å². The van der Waals surface area contributed by atoms with Gasteiger partial charge in [0.1, 0.15) is 0 Å². The average molecular weight is 239 g/mol. The lowest BCUT2D eigenvalue weighted by molar-refractivity contribution is 0.529. The summed E-state index contributed by atoms with van der Waals surface area (Å²) < 4.78 is 23.4. The van der Waals surface area contributed by atoms with Gasteiger partial charge < -0.3 is 5.73 Å². The molecule has 1 aromatic carbocycles. The van der Waals surface area contributed by atoms with Crippen LogP contribution < -0.4 is 5.73 Å². The molecule has 0 unspecified atom stereocenters. The highest BCUT2D eigenvalue weighted by molar-refractivity contribution is 7.91. The Bertz CT molecular complexity index is 487. The van der Waals surface area contributed by atoms with Crippen LogP contribution in [0.2, 0.25) is 0 Å². The third-order valence-corrected chi connectivity index (χ3v) is 5.60. The van der Waals surface area contributed by atoms with E-state index in [1.165, 1.54) is 6.26 Å². The molecule has 1 fully saturated rings. The second-order valence-electron chi connectivity index (χ2n) is 4.60. The van der Waals surface area contributed by atoms with Crippen LogP contribution in [-0.4, -0.2) is 14.7 Å². The van der Waals surface area contributed by atoms with Crippen molar-refractivity contribution in [3.05, 3.63) is 29.8 Å². The molecule has 3 nitrogen and oxygen atoms in total. The van der Waals surface area contributed by atoms with Crippen LogP contribution in [-0.2, 0) is 14.6 Å². The number of hydrogen-bond acceptors (Lipinski definition) is 3. The molecule has 4 heteroatoms. The normalized spacial score (nSPS) is 19.8. The first-order chi connectivity index (χ1) is 7.46. The van der Waals surface area contributed by atoms with Crippen molar-refractivity contribution in [1.29, 1.82) is 0 Å². The van der Waals surface area contributed by atoms with E-state index in [-0.39, 0.29) is 0 Å². The lowest BCUT2D eigenvalue weighted by Crippen LogP contribution is -2.32. The molecule has 0 spiro atoms. The van der Waals surface area contributed by atoms with Gasteiger partial charge in [0.05, 0.1) is 4.75 Å². The van der Waals surface area contributed by atoms with Crippen molar-refractivity contribution >= 4 is 15.5 Å². The molecule has 0 saturated heterocycles. The summed E-state index contributed by atoms with van der Waals surface area (Å²) in [4.78, 5) is 0. The van der Waals surface area contributed by atoms with Crippen LogP contribution in [0.15, 0.2) is 24.3 Å². The molecule has 1 saturated carbocycles. The maximum Gasteiger partial charge on any atom is 0.157 e. The predicted octanol–water partition coefficient (Wildman–Crippen LogP) is 2.08. The van der Waals surface area contributed by atoms with Crippen LogP contribution in [0, 0.1) is 0 Å². The zero-order valence-electron chi connectivity index (χ0n) is 9.44. The monoisotopic (exact) mass is 239 g/mol. The number of benzene rings is 1. The third kappa shape index (κ3) is 1.71. The van der Waals surface area contributed by atoms with Crippen molar-refractivity contribution < 1.29 is 8.42 Å². The highest BCUT2D eigenvalue weighted by atomic mass is 32.2. The van der Waals surface area contributed by atoms with E-state index in [1.54, 1.807) is 12.1 Å². The van der Waals surface area contributed by atoms with Crippen LogP contribution in [0.3, 0.4) is 0 Å². The standard InChI is InChI=1S/C12H17NO2S/c1-16(14,15)12(7-2-3-8-12)10-5-4-6-11(13)9-10/h4-6,9H,2-3,7-8,13H2,1H3. The molecular weight excluding hydrogens is 222 g/mol. The minimum atomic E-state index is -3.09. The molecule has 88 valence electrons. The summed E-state index contributed by atoms with van der Waals surface area (Å²) >= 11 is 0. The first-order valence-electron chi connectivity index (χ1n) is 5.51. The van der Waals surface area contributed by atoms with E-state index in [2.05, 4.69) is 0 Å². The Morgan fingerprint density at radius 1 is 1.25 bits per heavy atom. The largest absolute Gasteiger partial charge is 0.399 e. The smallest absolute Gasteiger partial charge is 0.157 e. The van der Waals surface area contributed by atoms with Gasteiger partial charge in [-0.05, 0) is 30.5 Å². The molecule has 1 aliphatic rings. The van der Waals surface area contributed by atoms with Crippen LogP contribution >= 0.6 is 0 Å². The van der Waals surface area contributed by atoms with Gasteiger partial charge in [-0.2, -0.15) is 0 Å². The molecule has 0 aromatic heterocycles. The van der Waals surface area contributed by atoms with Crippen LogP contribution in [0.1, 0.15) is 31.2 Å². The van der Waals surface area contributed by atoms with Crippen molar-refractivity contribution in [2.75, 3.05) is 12.0 Å². The lowest BCUT2D eigenvalue weighted by atomic mass is 9.96. The van der Waals surface area contributed by atoms with Crippen LogP contribution in [0.25, 0.3) is 0 Å². The summed E-state index contributed by atoms with van der Waals surface area (Å²) in [5.41, 5.74) is 7.22. The van der Waals surface area contributed by atoms with Crippen molar-refractivity contribution in [2.24, 2.45) is 0 Å². The Labute approximate surface area is 96.6 Å². The van der Waals surface area contributed by atoms with Gasteiger partial charge in [-0.25, -0.2) is 8.42 Å². The summed E-state index contributed by atoms with van der Waals surface area (Å²) in [5.74, 6) is 0. The molecule has 0 radical (unpaired) electrons. The number of sulfone groups is 1. The van der Waals surface area contributed by atoms with Crippen LogP contribution in [0.4, 0.5) is 5.69 Å². The van der Waals surface area contributed by atoms with Gasteiger partial charge in [-0.3, -0.25) is 0 Å². The summed E-state index contributed by atoms with van der Waals surface area (Å²) in [6, 6.07) is 7.29. The Kier molecular flexibility index (Phi) is 2.70. The van der Waals surface area contributed by atoms with Crippen molar-refractivity contribution in [1.82, 2.24) is 0 Å². The SMILES string of the molecule is CS(=O)(=O)C1(c2cccc(N)c2)CCCC1. The lowest BCUT2D eigenvalue weighted by Gasteiger charge is -2.27. The van der Waals surface area contributed by atoms with Crippen molar-refractivity contribution in [3.63, 3.8) is 0 Å². The minimum Gasteiger partial charge on any atom is -0.399 e. The molecule has 0 aliphatic heterocycles. The topological polar surface area (TPSA) is 60.2 Å². The Morgan fingerprint density at radius 2 is 1.88 bits per heavy atom. The fourth-order valence-electron chi connectivity index (χ4n) is 2.64. The molecule has 1 aromatic rings. The fourth-order valence-corrected chi connectivity index (χ4v) is 4.23. The van der Waals surface area contributed by atoms with E-state index >= 15 is 0 Å². The van der Waals surface area contributed by atoms with Gasteiger partial charge >= 0.3 is 0 Å². The number of rotatable bonds is 2. The van der Waals surface area contributed by atoms with Gasteiger partial charge in [0.2, 0.25) is 0 Å². The van der Waals surface area contributed by atoms with Gasteiger partial charge in [0.25, 0.3) is 0 Å². The first-order valence-corrected chi connectivity index (χ1v) is 7.40. The zero-order chi connectivity index (χ0) is 11.8. The highest BCUT2D eigenvalue weighted by Crippen LogP contribution is 2.45. The molecule has 0 amide bonds. The summed E-state index contributed by atoms with van der Waals surface area (Å²) in [6.07, 6.45) is 4.72. The van der Waals surface area contributed by atoms with E-state index in [9.17, 15) is 8.42 Å². The third-order valence-electron chi connectivity index (χ3n) is 3.53. The average Bonchev–Trinajstić information content (AvgIpc) is 2.66. The Hall–Kier alpha value is -1.03. The molecule has 2 N–H and O–H groups in total. The molecule has 0 atom stereocenters. The van der Waals surface area contributed by atoms with Gasteiger partial charge in [0, 0.05) is 11.9 Å². The van der Waals surface area contributed by atoms with E-state index in [1.807, 2.05) is 12.1 Å².